The quantitative estimate of drug-likeness (QED) is 0.379. The van der Waals surface area contributed by atoms with Gasteiger partial charge in [0, 0.05) is 0 Å². The maximum absolute atomic E-state index is 13.7. The van der Waals surface area contributed by atoms with Crippen molar-refractivity contribution in [3.63, 3.8) is 0 Å². The van der Waals surface area contributed by atoms with Crippen molar-refractivity contribution in [1.29, 1.82) is 0 Å². The van der Waals surface area contributed by atoms with Crippen molar-refractivity contribution in [2.45, 2.75) is 0 Å². The van der Waals surface area contributed by atoms with Gasteiger partial charge in [-0.15, -0.1) is 0 Å². The fourth-order valence-electron chi connectivity index (χ4n) is 3.29. The molecule has 1 aliphatic rings. The first kappa shape index (κ1) is 24.6. The zero-order chi connectivity index (χ0) is 25.8. The Labute approximate surface area is 208 Å². The highest BCUT2D eigenvalue weighted by Crippen LogP contribution is 2.28. The van der Waals surface area contributed by atoms with Crippen molar-refractivity contribution in [2.24, 2.45) is 0 Å². The molecular weight excluding hydrogens is 496 g/mol. The Morgan fingerprint density at radius 3 is 2.53 bits per heavy atom. The van der Waals surface area contributed by atoms with E-state index in [4.69, 9.17) is 16.3 Å². The highest BCUT2D eigenvalue weighted by molar-refractivity contribution is 6.39. The van der Waals surface area contributed by atoms with Gasteiger partial charge in [0.2, 0.25) is 0 Å². The Hall–Kier alpha value is -4.57. The number of nitrogens with zero attached hydrogens (tertiary/aromatic N) is 1. The second-order valence-electron chi connectivity index (χ2n) is 7.44. The van der Waals surface area contributed by atoms with E-state index in [0.29, 0.717) is 10.5 Å². The van der Waals surface area contributed by atoms with E-state index in [2.05, 4.69) is 5.32 Å². The predicted octanol–water partition coefficient (Wildman–Crippen LogP) is 4.30. The van der Waals surface area contributed by atoms with E-state index in [1.165, 1.54) is 54.6 Å². The molecule has 1 heterocycles. The van der Waals surface area contributed by atoms with Crippen LogP contribution in [0.3, 0.4) is 0 Å². The number of rotatable bonds is 6. The van der Waals surface area contributed by atoms with Crippen molar-refractivity contribution >= 4 is 52.8 Å². The number of hydrogen-bond acceptors (Lipinski definition) is 5. The Morgan fingerprint density at radius 2 is 1.81 bits per heavy atom. The largest absolute Gasteiger partial charge is 0.482 e. The molecule has 2 N–H and O–H groups in total. The SMILES string of the molecule is O=C(COc1ccc(/C=C2\C(=O)NC(=O)N(c3cccc(F)c3)C2=O)cc1Cl)Nc1ccccc1F. The average Bonchev–Trinajstić information content (AvgIpc) is 2.82. The molecule has 4 rings (SSSR count). The fraction of sp³-hybridized carbons (Fsp3) is 0.0400. The molecule has 1 fully saturated rings. The molecule has 0 spiro atoms. The number of carbonyl (C=O) groups excluding carboxylic acids is 4. The van der Waals surface area contributed by atoms with Crippen molar-refractivity contribution < 1.29 is 32.7 Å². The molecular formula is C25H16ClF2N3O5. The van der Waals surface area contributed by atoms with Crippen LogP contribution in [-0.2, 0) is 14.4 Å². The van der Waals surface area contributed by atoms with Gasteiger partial charge in [-0.3, -0.25) is 19.7 Å². The van der Waals surface area contributed by atoms with Gasteiger partial charge >= 0.3 is 6.03 Å². The van der Waals surface area contributed by atoms with E-state index < -0.39 is 42.0 Å². The van der Waals surface area contributed by atoms with Gasteiger partial charge in [0.05, 0.1) is 16.4 Å². The van der Waals surface area contributed by atoms with E-state index in [-0.39, 0.29) is 27.7 Å². The number of nitrogens with one attached hydrogen (secondary N) is 2. The lowest BCUT2D eigenvalue weighted by Gasteiger charge is -2.26. The first-order valence-electron chi connectivity index (χ1n) is 10.4. The summed E-state index contributed by atoms with van der Waals surface area (Å²) in [6.45, 7) is -0.458. The molecule has 0 atom stereocenters. The van der Waals surface area contributed by atoms with Gasteiger partial charge in [-0.25, -0.2) is 18.5 Å². The van der Waals surface area contributed by atoms with Crippen LogP contribution in [0.5, 0.6) is 5.75 Å². The molecule has 0 radical (unpaired) electrons. The van der Waals surface area contributed by atoms with Crippen molar-refractivity contribution in [1.82, 2.24) is 5.32 Å². The zero-order valence-corrected chi connectivity index (χ0v) is 19.0. The van der Waals surface area contributed by atoms with Crippen LogP contribution in [-0.4, -0.2) is 30.4 Å². The summed E-state index contributed by atoms with van der Waals surface area (Å²) >= 11 is 6.22. The number of barbiturate groups is 1. The molecule has 1 saturated heterocycles. The summed E-state index contributed by atoms with van der Waals surface area (Å²) in [4.78, 5) is 50.1. The molecule has 0 aromatic heterocycles. The van der Waals surface area contributed by atoms with Gasteiger partial charge in [0.25, 0.3) is 17.7 Å². The molecule has 0 unspecified atom stereocenters. The Kier molecular flexibility index (Phi) is 7.07. The molecule has 36 heavy (non-hydrogen) atoms. The molecule has 8 nitrogen and oxygen atoms in total. The standard InChI is InChI=1S/C25H16ClF2N3O5/c26-18-11-14(8-9-21(18)36-13-22(32)29-20-7-2-1-6-19(20)28)10-17-23(33)30-25(35)31(24(17)34)16-5-3-4-15(27)12-16/h1-12H,13H2,(H,29,32)(H,30,33,35)/b17-10+. The Balaban J connectivity index is 1.48. The lowest BCUT2D eigenvalue weighted by atomic mass is 10.1. The van der Waals surface area contributed by atoms with Crippen LogP contribution in [0.2, 0.25) is 5.02 Å². The first-order valence-corrected chi connectivity index (χ1v) is 10.7. The second kappa shape index (κ2) is 10.4. The summed E-state index contributed by atoms with van der Waals surface area (Å²) in [5, 5.41) is 4.47. The minimum Gasteiger partial charge on any atom is -0.482 e. The van der Waals surface area contributed by atoms with Crippen LogP contribution >= 0.6 is 11.6 Å². The summed E-state index contributed by atoms with van der Waals surface area (Å²) in [6.07, 6.45) is 1.21. The normalized spacial score (nSPS) is 14.6. The van der Waals surface area contributed by atoms with E-state index in [1.807, 2.05) is 5.32 Å². The van der Waals surface area contributed by atoms with Crippen LogP contribution in [0.15, 0.2) is 72.3 Å². The minimum absolute atomic E-state index is 0.000335. The van der Waals surface area contributed by atoms with Crippen LogP contribution in [0, 0.1) is 11.6 Å². The fourth-order valence-corrected chi connectivity index (χ4v) is 3.53. The summed E-state index contributed by atoms with van der Waals surface area (Å²) in [6, 6.07) is 13.7. The smallest absolute Gasteiger partial charge is 0.335 e. The molecule has 3 aromatic rings. The minimum atomic E-state index is -1.01. The lowest BCUT2D eigenvalue weighted by Crippen LogP contribution is -2.54. The molecule has 182 valence electrons. The van der Waals surface area contributed by atoms with Gasteiger partial charge in [-0.1, -0.05) is 35.9 Å². The molecule has 0 bridgehead atoms. The van der Waals surface area contributed by atoms with Crippen LogP contribution in [0.1, 0.15) is 5.56 Å². The molecule has 0 saturated carbocycles. The number of anilines is 2. The number of carbonyl (C=O) groups is 4. The monoisotopic (exact) mass is 511 g/mol. The van der Waals surface area contributed by atoms with E-state index >= 15 is 0 Å². The maximum Gasteiger partial charge on any atom is 0.335 e. The van der Waals surface area contributed by atoms with E-state index in [1.54, 1.807) is 6.07 Å². The summed E-state index contributed by atoms with van der Waals surface area (Å²) in [5.41, 5.74) is -0.116. The maximum atomic E-state index is 13.7. The van der Waals surface area contributed by atoms with Gasteiger partial charge in [0.15, 0.2) is 6.61 Å². The van der Waals surface area contributed by atoms with Crippen LogP contribution in [0.4, 0.5) is 25.0 Å². The molecule has 5 amide bonds. The van der Waals surface area contributed by atoms with Gasteiger partial charge in [-0.05, 0) is 54.1 Å². The predicted molar refractivity (Wildman–Crippen MR) is 127 cm³/mol. The topological polar surface area (TPSA) is 105 Å². The summed E-state index contributed by atoms with van der Waals surface area (Å²) in [5.74, 6) is -3.64. The van der Waals surface area contributed by atoms with Gasteiger partial charge < -0.3 is 10.1 Å². The number of para-hydroxylation sites is 1. The molecule has 3 aromatic carbocycles. The Bertz CT molecular complexity index is 1430. The third-order valence-corrected chi connectivity index (χ3v) is 5.24. The number of urea groups is 1. The zero-order valence-electron chi connectivity index (χ0n) is 18.3. The van der Waals surface area contributed by atoms with Crippen molar-refractivity contribution in [2.75, 3.05) is 16.8 Å². The Morgan fingerprint density at radius 1 is 1.03 bits per heavy atom. The number of halogens is 3. The van der Waals surface area contributed by atoms with Gasteiger partial charge in [-0.2, -0.15) is 0 Å². The first-order chi connectivity index (χ1) is 17.2. The third kappa shape index (κ3) is 5.39. The van der Waals surface area contributed by atoms with Crippen LogP contribution in [0.25, 0.3) is 6.08 Å². The van der Waals surface area contributed by atoms with Crippen LogP contribution < -0.4 is 20.3 Å². The van der Waals surface area contributed by atoms with Gasteiger partial charge in [0.1, 0.15) is 23.0 Å². The molecule has 11 heteroatoms. The molecule has 0 aliphatic carbocycles. The van der Waals surface area contributed by atoms with E-state index in [0.717, 1.165) is 12.1 Å². The number of hydrogen-bond donors (Lipinski definition) is 2. The summed E-state index contributed by atoms with van der Waals surface area (Å²) < 4.78 is 32.6. The number of imide groups is 2. The molecule has 1 aliphatic heterocycles. The third-order valence-electron chi connectivity index (χ3n) is 4.94. The average molecular weight is 512 g/mol. The van der Waals surface area contributed by atoms with E-state index in [9.17, 15) is 28.0 Å². The highest BCUT2D eigenvalue weighted by atomic mass is 35.5. The summed E-state index contributed by atoms with van der Waals surface area (Å²) in [7, 11) is 0. The van der Waals surface area contributed by atoms with Crippen molar-refractivity contribution in [3.8, 4) is 5.75 Å². The van der Waals surface area contributed by atoms with Crippen molar-refractivity contribution in [3.05, 3.63) is 94.5 Å². The second-order valence-corrected chi connectivity index (χ2v) is 7.85. The highest BCUT2D eigenvalue weighted by Gasteiger charge is 2.37. The number of amides is 5. The number of ether oxygens (including phenoxy) is 1. The lowest BCUT2D eigenvalue weighted by molar-refractivity contribution is -0.122. The number of benzene rings is 3.